The molecule has 3 N–H and O–H groups in total. The smallest absolute Gasteiger partial charge is 0.226 e. The van der Waals surface area contributed by atoms with E-state index in [0.717, 1.165) is 0 Å². The molecular weight excluding hydrogens is 216 g/mol. The largest absolute Gasteiger partial charge is 0.397 e. The summed E-state index contributed by atoms with van der Waals surface area (Å²) < 4.78 is 4.79. The molecule has 1 rings (SSSR count). The number of carbonyl (C=O) groups is 1. The van der Waals surface area contributed by atoms with Crippen LogP contribution >= 0.6 is 11.6 Å². The van der Waals surface area contributed by atoms with Gasteiger partial charge in [-0.2, -0.15) is 0 Å². The minimum Gasteiger partial charge on any atom is -0.397 e. The molecular formula is C10H13ClN2O2. The second-order valence-electron chi connectivity index (χ2n) is 3.03. The summed E-state index contributed by atoms with van der Waals surface area (Å²) in [6, 6.07) is 4.96. The zero-order valence-corrected chi connectivity index (χ0v) is 9.17. The van der Waals surface area contributed by atoms with E-state index in [1.807, 2.05) is 0 Å². The highest BCUT2D eigenvalue weighted by atomic mass is 35.5. The molecule has 0 heterocycles. The van der Waals surface area contributed by atoms with Crippen LogP contribution in [-0.2, 0) is 9.53 Å². The number of hydrogen-bond acceptors (Lipinski definition) is 3. The van der Waals surface area contributed by atoms with Gasteiger partial charge in [-0.3, -0.25) is 4.79 Å². The summed E-state index contributed by atoms with van der Waals surface area (Å²) in [6.45, 7) is 0.398. The number of ether oxygens (including phenoxy) is 1. The normalized spacial score (nSPS) is 10.0. The van der Waals surface area contributed by atoms with Crippen molar-refractivity contribution in [2.75, 3.05) is 24.8 Å². The molecule has 4 nitrogen and oxygen atoms in total. The van der Waals surface area contributed by atoms with Crippen LogP contribution in [0.5, 0.6) is 0 Å². The molecule has 0 atom stereocenters. The van der Waals surface area contributed by atoms with Gasteiger partial charge in [-0.15, -0.1) is 0 Å². The molecule has 0 fully saturated rings. The Morgan fingerprint density at radius 1 is 1.60 bits per heavy atom. The highest BCUT2D eigenvalue weighted by Crippen LogP contribution is 2.22. The van der Waals surface area contributed by atoms with Crippen LogP contribution < -0.4 is 11.1 Å². The van der Waals surface area contributed by atoms with Crippen LogP contribution in [0, 0.1) is 0 Å². The predicted octanol–water partition coefficient (Wildman–Crippen LogP) is 1.90. The van der Waals surface area contributed by atoms with Crippen LogP contribution in [-0.4, -0.2) is 19.6 Å². The van der Waals surface area contributed by atoms with Crippen molar-refractivity contribution in [2.24, 2.45) is 0 Å². The standard InChI is InChI=1S/C10H13ClN2O2/c1-15-5-4-10(14)13-7-2-3-8(11)9(12)6-7/h2-3,6H,4-5,12H2,1H3,(H,13,14). The molecule has 0 aliphatic heterocycles. The van der Waals surface area contributed by atoms with E-state index < -0.39 is 0 Å². The number of halogens is 1. The molecule has 0 bridgehead atoms. The third kappa shape index (κ3) is 3.77. The van der Waals surface area contributed by atoms with Crippen molar-refractivity contribution in [3.8, 4) is 0 Å². The topological polar surface area (TPSA) is 64.3 Å². The van der Waals surface area contributed by atoms with Gasteiger partial charge < -0.3 is 15.8 Å². The van der Waals surface area contributed by atoms with E-state index in [-0.39, 0.29) is 5.91 Å². The molecule has 1 aromatic rings. The van der Waals surface area contributed by atoms with E-state index in [1.54, 1.807) is 25.3 Å². The first-order valence-electron chi connectivity index (χ1n) is 4.47. The molecule has 0 radical (unpaired) electrons. The third-order valence-corrected chi connectivity index (χ3v) is 2.16. The number of nitrogens with one attached hydrogen (secondary N) is 1. The zero-order valence-electron chi connectivity index (χ0n) is 8.42. The van der Waals surface area contributed by atoms with Gasteiger partial charge in [0, 0.05) is 12.8 Å². The number of rotatable bonds is 4. The van der Waals surface area contributed by atoms with E-state index in [0.29, 0.717) is 29.4 Å². The summed E-state index contributed by atoms with van der Waals surface area (Å²) in [5.74, 6) is -0.112. The Balaban J connectivity index is 2.57. The Morgan fingerprint density at radius 2 is 2.33 bits per heavy atom. The summed E-state index contributed by atoms with van der Waals surface area (Å²) in [4.78, 5) is 11.3. The van der Waals surface area contributed by atoms with Crippen LogP contribution in [0.2, 0.25) is 5.02 Å². The van der Waals surface area contributed by atoms with Crippen molar-refractivity contribution in [3.05, 3.63) is 23.2 Å². The maximum Gasteiger partial charge on any atom is 0.226 e. The number of benzene rings is 1. The average molecular weight is 229 g/mol. The molecule has 0 aromatic heterocycles. The van der Waals surface area contributed by atoms with E-state index in [1.165, 1.54) is 0 Å². The van der Waals surface area contributed by atoms with Gasteiger partial charge in [0.05, 0.1) is 23.7 Å². The molecule has 0 aliphatic carbocycles. The van der Waals surface area contributed by atoms with Crippen LogP contribution in [0.1, 0.15) is 6.42 Å². The molecule has 5 heteroatoms. The highest BCUT2D eigenvalue weighted by molar-refractivity contribution is 6.33. The third-order valence-electron chi connectivity index (χ3n) is 1.81. The first kappa shape index (κ1) is 11.8. The summed E-state index contributed by atoms with van der Waals surface area (Å²) in [7, 11) is 1.55. The quantitative estimate of drug-likeness (QED) is 0.774. The van der Waals surface area contributed by atoms with Crippen molar-refractivity contribution in [2.45, 2.75) is 6.42 Å². The maximum atomic E-state index is 11.3. The van der Waals surface area contributed by atoms with Crippen molar-refractivity contribution >= 4 is 28.9 Å². The van der Waals surface area contributed by atoms with Crippen LogP contribution in [0.4, 0.5) is 11.4 Å². The molecule has 82 valence electrons. The Bertz CT molecular complexity index is 355. The van der Waals surface area contributed by atoms with Crippen molar-refractivity contribution in [1.82, 2.24) is 0 Å². The molecule has 0 aliphatic rings. The van der Waals surface area contributed by atoms with Gasteiger partial charge in [-0.25, -0.2) is 0 Å². The van der Waals surface area contributed by atoms with Crippen molar-refractivity contribution in [1.29, 1.82) is 0 Å². The number of carbonyl (C=O) groups excluding carboxylic acids is 1. The second kappa shape index (κ2) is 5.58. The zero-order chi connectivity index (χ0) is 11.3. The number of amides is 1. The van der Waals surface area contributed by atoms with Crippen LogP contribution in [0.15, 0.2) is 18.2 Å². The minimum atomic E-state index is -0.112. The Labute approximate surface area is 93.4 Å². The monoisotopic (exact) mass is 228 g/mol. The first-order valence-corrected chi connectivity index (χ1v) is 4.85. The van der Waals surface area contributed by atoms with Gasteiger partial charge in [0.25, 0.3) is 0 Å². The second-order valence-corrected chi connectivity index (χ2v) is 3.43. The van der Waals surface area contributed by atoms with Gasteiger partial charge in [0.1, 0.15) is 0 Å². The molecule has 0 saturated heterocycles. The lowest BCUT2D eigenvalue weighted by Crippen LogP contribution is -2.13. The van der Waals surface area contributed by atoms with E-state index in [4.69, 9.17) is 22.1 Å². The highest BCUT2D eigenvalue weighted by Gasteiger charge is 2.03. The number of hydrogen-bond donors (Lipinski definition) is 2. The minimum absolute atomic E-state index is 0.112. The van der Waals surface area contributed by atoms with Gasteiger partial charge in [-0.1, -0.05) is 11.6 Å². The Hall–Kier alpha value is -1.26. The van der Waals surface area contributed by atoms with Gasteiger partial charge in [0.15, 0.2) is 0 Å². The fourth-order valence-electron chi connectivity index (χ4n) is 1.04. The lowest BCUT2D eigenvalue weighted by molar-refractivity contribution is -0.117. The number of anilines is 2. The summed E-state index contributed by atoms with van der Waals surface area (Å²) in [5.41, 5.74) is 6.67. The summed E-state index contributed by atoms with van der Waals surface area (Å²) in [6.07, 6.45) is 0.318. The van der Waals surface area contributed by atoms with Gasteiger partial charge >= 0.3 is 0 Å². The number of nitrogen functional groups attached to an aromatic ring is 1. The SMILES string of the molecule is COCCC(=O)Nc1ccc(Cl)c(N)c1. The van der Waals surface area contributed by atoms with E-state index in [9.17, 15) is 4.79 Å². The summed E-state index contributed by atoms with van der Waals surface area (Å²) in [5, 5.41) is 3.16. The number of nitrogens with two attached hydrogens (primary N) is 1. The molecule has 15 heavy (non-hydrogen) atoms. The van der Waals surface area contributed by atoms with Crippen LogP contribution in [0.25, 0.3) is 0 Å². The van der Waals surface area contributed by atoms with E-state index in [2.05, 4.69) is 5.32 Å². The fraction of sp³-hybridized carbons (Fsp3) is 0.300. The Kier molecular flexibility index (Phi) is 4.39. The summed E-state index contributed by atoms with van der Waals surface area (Å²) >= 11 is 5.74. The first-order chi connectivity index (χ1) is 7.13. The average Bonchev–Trinajstić information content (AvgIpc) is 2.20. The van der Waals surface area contributed by atoms with Gasteiger partial charge in [-0.05, 0) is 18.2 Å². The van der Waals surface area contributed by atoms with Gasteiger partial charge in [0.2, 0.25) is 5.91 Å². The molecule has 0 spiro atoms. The maximum absolute atomic E-state index is 11.3. The van der Waals surface area contributed by atoms with Crippen molar-refractivity contribution in [3.63, 3.8) is 0 Å². The predicted molar refractivity (Wildman–Crippen MR) is 61.0 cm³/mol. The van der Waals surface area contributed by atoms with Crippen molar-refractivity contribution < 1.29 is 9.53 Å². The molecule has 1 aromatic carbocycles. The van der Waals surface area contributed by atoms with Crippen LogP contribution in [0.3, 0.4) is 0 Å². The molecule has 1 amide bonds. The fourth-order valence-corrected chi connectivity index (χ4v) is 1.16. The Morgan fingerprint density at radius 3 is 2.93 bits per heavy atom. The lowest BCUT2D eigenvalue weighted by atomic mass is 10.2. The molecule has 0 saturated carbocycles. The van der Waals surface area contributed by atoms with E-state index >= 15 is 0 Å². The lowest BCUT2D eigenvalue weighted by Gasteiger charge is -2.06. The molecule has 0 unspecified atom stereocenters. The number of methoxy groups -OCH3 is 1.